The van der Waals surface area contributed by atoms with Gasteiger partial charge in [0, 0.05) is 12.4 Å². The average Bonchev–Trinajstić information content (AvgIpc) is 3.22. The normalized spacial score (nSPS) is 27.3. The van der Waals surface area contributed by atoms with E-state index in [1.54, 1.807) is 12.7 Å². The Kier molecular flexibility index (Phi) is 2.37. The Hall–Kier alpha value is -1.83. The van der Waals surface area contributed by atoms with E-state index in [1.807, 2.05) is 12.4 Å². The molecule has 0 saturated heterocycles. The minimum absolute atomic E-state index is 0.706. The number of fused-ring (bicyclic) bond motifs is 3. The zero-order chi connectivity index (χ0) is 12.8. The number of rotatable bonds is 2. The second kappa shape index (κ2) is 4.09. The molecular formula is C17H17NO. The molecule has 0 N–H and O–H groups in total. The van der Waals surface area contributed by atoms with Crippen LogP contribution in [0.25, 0.3) is 0 Å². The van der Waals surface area contributed by atoms with Crippen molar-refractivity contribution >= 4 is 0 Å². The molecule has 0 spiro atoms. The second-order valence-electron chi connectivity index (χ2n) is 5.60. The van der Waals surface area contributed by atoms with Gasteiger partial charge in [-0.1, -0.05) is 6.07 Å². The maximum absolute atomic E-state index is 5.33. The van der Waals surface area contributed by atoms with Gasteiger partial charge >= 0.3 is 0 Å². The third-order valence-electron chi connectivity index (χ3n) is 4.72. The molecular weight excluding hydrogens is 234 g/mol. The van der Waals surface area contributed by atoms with Gasteiger partial charge in [-0.05, 0) is 71.6 Å². The molecule has 19 heavy (non-hydrogen) atoms. The largest absolute Gasteiger partial charge is 0.497 e. The van der Waals surface area contributed by atoms with Gasteiger partial charge in [-0.25, -0.2) is 0 Å². The number of pyridine rings is 1. The molecule has 0 bridgehead atoms. The number of nitrogens with zero attached hydrogens (tertiary/aromatic N) is 1. The van der Waals surface area contributed by atoms with Gasteiger partial charge in [0.15, 0.2) is 0 Å². The standard InChI is InChI=1S/C17H17NO/c1-19-13-3-5-14-12(10-13)2-4-15-16(17(14)15)11-6-8-18-9-7-11/h3,5-10,15-17H,2,4H2,1H3/t15-,16?,17-/m1/s1. The minimum Gasteiger partial charge on any atom is -0.497 e. The van der Waals surface area contributed by atoms with Gasteiger partial charge in [-0.3, -0.25) is 4.98 Å². The van der Waals surface area contributed by atoms with Crippen molar-refractivity contribution in [2.75, 3.05) is 7.11 Å². The first kappa shape index (κ1) is 11.0. The Morgan fingerprint density at radius 3 is 2.74 bits per heavy atom. The number of aromatic nitrogens is 1. The quantitative estimate of drug-likeness (QED) is 0.814. The second-order valence-corrected chi connectivity index (χ2v) is 5.60. The molecule has 1 saturated carbocycles. The van der Waals surface area contributed by atoms with Crippen molar-refractivity contribution in [1.82, 2.24) is 4.98 Å². The summed E-state index contributed by atoms with van der Waals surface area (Å²) in [6.45, 7) is 0. The molecule has 2 aliphatic rings. The van der Waals surface area contributed by atoms with Crippen molar-refractivity contribution < 1.29 is 4.74 Å². The van der Waals surface area contributed by atoms with E-state index >= 15 is 0 Å². The first-order valence-corrected chi connectivity index (χ1v) is 6.95. The molecule has 96 valence electrons. The van der Waals surface area contributed by atoms with Gasteiger partial charge in [-0.15, -0.1) is 0 Å². The van der Waals surface area contributed by atoms with Crippen LogP contribution in [0.5, 0.6) is 5.75 Å². The monoisotopic (exact) mass is 251 g/mol. The highest BCUT2D eigenvalue weighted by Crippen LogP contribution is 2.65. The molecule has 1 aromatic carbocycles. The molecule has 2 nitrogen and oxygen atoms in total. The lowest BCUT2D eigenvalue weighted by atomic mass is 9.91. The van der Waals surface area contributed by atoms with Gasteiger partial charge < -0.3 is 4.74 Å². The van der Waals surface area contributed by atoms with Crippen LogP contribution >= 0.6 is 0 Å². The predicted octanol–water partition coefficient (Wildman–Crippen LogP) is 3.53. The molecule has 1 fully saturated rings. The van der Waals surface area contributed by atoms with Gasteiger partial charge in [0.2, 0.25) is 0 Å². The summed E-state index contributed by atoms with van der Waals surface area (Å²) >= 11 is 0. The fourth-order valence-corrected chi connectivity index (χ4v) is 3.77. The van der Waals surface area contributed by atoms with Crippen LogP contribution in [0.1, 0.15) is 34.9 Å². The third kappa shape index (κ3) is 1.66. The number of methoxy groups -OCH3 is 1. The van der Waals surface area contributed by atoms with E-state index in [4.69, 9.17) is 4.74 Å². The zero-order valence-corrected chi connectivity index (χ0v) is 11.0. The summed E-state index contributed by atoms with van der Waals surface area (Å²) < 4.78 is 5.33. The highest BCUT2D eigenvalue weighted by molar-refractivity contribution is 5.47. The number of ether oxygens (including phenoxy) is 1. The molecule has 2 aromatic rings. The lowest BCUT2D eigenvalue weighted by molar-refractivity contribution is 0.413. The smallest absolute Gasteiger partial charge is 0.119 e. The fraction of sp³-hybridized carbons (Fsp3) is 0.353. The van der Waals surface area contributed by atoms with Crippen molar-refractivity contribution in [1.29, 1.82) is 0 Å². The van der Waals surface area contributed by atoms with Crippen LogP contribution < -0.4 is 4.74 Å². The molecule has 0 radical (unpaired) electrons. The Bertz CT molecular complexity index is 608. The Morgan fingerprint density at radius 2 is 1.95 bits per heavy atom. The van der Waals surface area contributed by atoms with Crippen LogP contribution in [0.4, 0.5) is 0 Å². The minimum atomic E-state index is 0.706. The molecule has 1 unspecified atom stereocenters. The molecule has 2 aliphatic carbocycles. The van der Waals surface area contributed by atoms with E-state index in [9.17, 15) is 0 Å². The van der Waals surface area contributed by atoms with Crippen LogP contribution in [0.15, 0.2) is 42.7 Å². The third-order valence-corrected chi connectivity index (χ3v) is 4.72. The van der Waals surface area contributed by atoms with Crippen molar-refractivity contribution in [3.63, 3.8) is 0 Å². The lowest BCUT2D eigenvalue weighted by Gasteiger charge is -2.15. The van der Waals surface area contributed by atoms with Crippen LogP contribution in [0.2, 0.25) is 0 Å². The topological polar surface area (TPSA) is 22.1 Å². The summed E-state index contributed by atoms with van der Waals surface area (Å²) in [4.78, 5) is 4.12. The molecule has 0 aliphatic heterocycles. The first-order valence-electron chi connectivity index (χ1n) is 6.95. The number of benzene rings is 1. The summed E-state index contributed by atoms with van der Waals surface area (Å²) in [6, 6.07) is 10.9. The SMILES string of the molecule is COc1ccc2c(c1)CC[C@@H]1C(c3ccncc3)[C@H]21. The van der Waals surface area contributed by atoms with E-state index in [-0.39, 0.29) is 0 Å². The van der Waals surface area contributed by atoms with Gasteiger partial charge in [0.05, 0.1) is 7.11 Å². The summed E-state index contributed by atoms with van der Waals surface area (Å²) in [5.74, 6) is 3.25. The van der Waals surface area contributed by atoms with Crippen molar-refractivity contribution in [3.8, 4) is 5.75 Å². The first-order chi connectivity index (χ1) is 9.38. The maximum atomic E-state index is 5.33. The molecule has 4 rings (SSSR count). The number of hydrogen-bond acceptors (Lipinski definition) is 2. The van der Waals surface area contributed by atoms with E-state index in [0.29, 0.717) is 5.92 Å². The summed E-state index contributed by atoms with van der Waals surface area (Å²) in [5.41, 5.74) is 4.48. The van der Waals surface area contributed by atoms with Crippen molar-refractivity contribution in [3.05, 3.63) is 59.4 Å². The highest BCUT2D eigenvalue weighted by Gasteiger charge is 2.53. The van der Waals surface area contributed by atoms with E-state index < -0.39 is 0 Å². The number of aryl methyl sites for hydroxylation is 1. The molecule has 1 aromatic heterocycles. The van der Waals surface area contributed by atoms with E-state index in [1.165, 1.54) is 24.0 Å². The molecule has 3 atom stereocenters. The van der Waals surface area contributed by atoms with Gasteiger partial charge in [-0.2, -0.15) is 0 Å². The van der Waals surface area contributed by atoms with Crippen LogP contribution in [0.3, 0.4) is 0 Å². The molecule has 0 amide bonds. The van der Waals surface area contributed by atoms with Crippen molar-refractivity contribution in [2.24, 2.45) is 5.92 Å². The lowest BCUT2D eigenvalue weighted by Crippen LogP contribution is -2.01. The predicted molar refractivity (Wildman–Crippen MR) is 74.5 cm³/mol. The average molecular weight is 251 g/mol. The molecule has 1 heterocycles. The van der Waals surface area contributed by atoms with Gasteiger partial charge in [0.25, 0.3) is 0 Å². The Morgan fingerprint density at radius 1 is 1.11 bits per heavy atom. The maximum Gasteiger partial charge on any atom is 0.119 e. The van der Waals surface area contributed by atoms with Crippen LogP contribution in [0, 0.1) is 5.92 Å². The van der Waals surface area contributed by atoms with E-state index in [2.05, 4.69) is 35.3 Å². The molecule has 2 heteroatoms. The Balaban J connectivity index is 1.69. The van der Waals surface area contributed by atoms with Crippen molar-refractivity contribution in [2.45, 2.75) is 24.7 Å². The van der Waals surface area contributed by atoms with E-state index in [0.717, 1.165) is 17.6 Å². The van der Waals surface area contributed by atoms with Crippen LogP contribution in [-0.2, 0) is 6.42 Å². The highest BCUT2D eigenvalue weighted by atomic mass is 16.5. The zero-order valence-electron chi connectivity index (χ0n) is 11.0. The summed E-state index contributed by atoms with van der Waals surface area (Å²) in [6.07, 6.45) is 6.32. The van der Waals surface area contributed by atoms with Gasteiger partial charge in [0.1, 0.15) is 5.75 Å². The van der Waals surface area contributed by atoms with Crippen LogP contribution in [-0.4, -0.2) is 12.1 Å². The fourth-order valence-electron chi connectivity index (χ4n) is 3.77. The summed E-state index contributed by atoms with van der Waals surface area (Å²) in [7, 11) is 1.74. The summed E-state index contributed by atoms with van der Waals surface area (Å²) in [5, 5.41) is 0. The number of hydrogen-bond donors (Lipinski definition) is 0. The Labute approximate surface area is 113 Å².